The monoisotopic (exact) mass is 427 g/mol. The minimum atomic E-state index is -3.32. The molecule has 0 spiro atoms. The van der Waals surface area contributed by atoms with Crippen molar-refractivity contribution in [2.75, 3.05) is 18.4 Å². The van der Waals surface area contributed by atoms with Crippen LogP contribution in [0.2, 0.25) is 0 Å². The Morgan fingerprint density at radius 1 is 1.10 bits per heavy atom. The van der Waals surface area contributed by atoms with Crippen LogP contribution in [0.3, 0.4) is 0 Å². The highest BCUT2D eigenvalue weighted by atomic mass is 19.3. The molecule has 1 aromatic carbocycles. The zero-order valence-corrected chi connectivity index (χ0v) is 17.0. The largest absolute Gasteiger partial charge is 0.365 e. The van der Waals surface area contributed by atoms with Crippen LogP contribution in [0, 0.1) is 6.92 Å². The Morgan fingerprint density at radius 3 is 2.55 bits per heavy atom. The van der Waals surface area contributed by atoms with Gasteiger partial charge in [-0.3, -0.25) is 19.1 Å². The van der Waals surface area contributed by atoms with Crippen LogP contribution in [0.4, 0.5) is 14.6 Å². The van der Waals surface area contributed by atoms with Gasteiger partial charge in [-0.25, -0.2) is 4.98 Å². The molecule has 0 saturated carbocycles. The Hall–Kier alpha value is -3.62. The van der Waals surface area contributed by atoms with Crippen molar-refractivity contribution in [1.29, 1.82) is 0 Å². The molecule has 7 nitrogen and oxygen atoms in total. The van der Waals surface area contributed by atoms with Gasteiger partial charge >= 0.3 is 5.92 Å². The van der Waals surface area contributed by atoms with Crippen LogP contribution in [0.25, 0.3) is 0 Å². The minimum absolute atomic E-state index is 0.105. The number of carbonyl (C=O) groups excluding carboxylic acids is 1. The predicted octanol–water partition coefficient (Wildman–Crippen LogP) is 2.51. The van der Waals surface area contributed by atoms with Crippen LogP contribution in [0.1, 0.15) is 17.0 Å². The van der Waals surface area contributed by atoms with Gasteiger partial charge in [-0.05, 0) is 31.0 Å². The number of halogens is 2. The van der Waals surface area contributed by atoms with E-state index in [1.54, 1.807) is 6.92 Å². The first-order chi connectivity index (χ1) is 14.9. The molecule has 1 amide bonds. The standard InChI is InChI=1S/C22H23F2N5O2/c1-16-13-27-20(26-12-10-17-7-3-2-4-8-17)21(31)29(16)14-19(30)28-15-22(23,24)18-9-5-6-11-25-18/h2-9,11,13H,10,12,14-15H2,1H3,(H,26,27)(H,28,30). The van der Waals surface area contributed by atoms with E-state index in [0.717, 1.165) is 5.56 Å². The number of carbonyl (C=O) groups is 1. The Kier molecular flexibility index (Phi) is 7.07. The van der Waals surface area contributed by atoms with E-state index in [9.17, 15) is 18.4 Å². The van der Waals surface area contributed by atoms with Gasteiger partial charge in [-0.15, -0.1) is 0 Å². The number of nitrogens with zero attached hydrogens (tertiary/aromatic N) is 3. The fraction of sp³-hybridized carbons (Fsp3) is 0.273. The summed E-state index contributed by atoms with van der Waals surface area (Å²) >= 11 is 0. The number of hydrogen-bond acceptors (Lipinski definition) is 5. The molecule has 3 aromatic rings. The summed E-state index contributed by atoms with van der Waals surface area (Å²) in [7, 11) is 0. The lowest BCUT2D eigenvalue weighted by molar-refractivity contribution is -0.124. The summed E-state index contributed by atoms with van der Waals surface area (Å²) in [4.78, 5) is 32.7. The Bertz CT molecular complexity index is 1070. The van der Waals surface area contributed by atoms with Gasteiger partial charge in [0.2, 0.25) is 5.91 Å². The molecule has 9 heteroatoms. The summed E-state index contributed by atoms with van der Waals surface area (Å²) in [6, 6.07) is 13.9. The van der Waals surface area contributed by atoms with Crippen molar-refractivity contribution in [2.45, 2.75) is 25.8 Å². The maximum absolute atomic E-state index is 14.2. The molecule has 0 unspecified atom stereocenters. The summed E-state index contributed by atoms with van der Waals surface area (Å²) in [5.41, 5.74) is 0.637. The average molecular weight is 427 g/mol. The lowest BCUT2D eigenvalue weighted by Crippen LogP contribution is -2.39. The molecule has 0 aliphatic rings. The van der Waals surface area contributed by atoms with Gasteiger partial charge in [-0.2, -0.15) is 8.78 Å². The molecule has 0 atom stereocenters. The van der Waals surface area contributed by atoms with Crippen molar-refractivity contribution >= 4 is 11.7 Å². The zero-order chi connectivity index (χ0) is 22.3. The molecule has 2 N–H and O–H groups in total. The molecular weight excluding hydrogens is 404 g/mol. The topological polar surface area (TPSA) is 88.9 Å². The van der Waals surface area contributed by atoms with Crippen molar-refractivity contribution < 1.29 is 13.6 Å². The molecule has 0 aliphatic heterocycles. The molecule has 31 heavy (non-hydrogen) atoms. The van der Waals surface area contributed by atoms with Crippen molar-refractivity contribution in [3.8, 4) is 0 Å². The molecule has 0 bridgehead atoms. The molecule has 0 saturated heterocycles. The van der Waals surface area contributed by atoms with Gasteiger partial charge in [0.1, 0.15) is 12.2 Å². The molecule has 0 fully saturated rings. The molecule has 0 aliphatic carbocycles. The quantitative estimate of drug-likeness (QED) is 0.548. The third-order valence-electron chi connectivity index (χ3n) is 4.65. The number of rotatable bonds is 9. The normalized spacial score (nSPS) is 11.2. The highest BCUT2D eigenvalue weighted by Crippen LogP contribution is 2.24. The van der Waals surface area contributed by atoms with Gasteiger partial charge in [0.15, 0.2) is 5.82 Å². The third kappa shape index (κ3) is 5.94. The van der Waals surface area contributed by atoms with E-state index in [2.05, 4.69) is 20.6 Å². The first-order valence-electron chi connectivity index (χ1n) is 9.77. The van der Waals surface area contributed by atoms with Crippen LogP contribution in [-0.2, 0) is 23.7 Å². The first kappa shape index (κ1) is 22.1. The smallest absolute Gasteiger partial charge is 0.306 e. The fourth-order valence-electron chi connectivity index (χ4n) is 2.94. The van der Waals surface area contributed by atoms with E-state index in [-0.39, 0.29) is 5.82 Å². The number of amides is 1. The number of hydrogen-bond donors (Lipinski definition) is 2. The Morgan fingerprint density at radius 2 is 1.84 bits per heavy atom. The average Bonchev–Trinajstić information content (AvgIpc) is 2.78. The van der Waals surface area contributed by atoms with Crippen molar-refractivity contribution in [2.24, 2.45) is 0 Å². The number of alkyl halides is 2. The van der Waals surface area contributed by atoms with Gasteiger partial charge in [-0.1, -0.05) is 36.4 Å². The molecule has 3 rings (SSSR count). The predicted molar refractivity (Wildman–Crippen MR) is 113 cm³/mol. The molecule has 162 valence electrons. The number of pyridine rings is 1. The summed E-state index contributed by atoms with van der Waals surface area (Å²) < 4.78 is 29.6. The van der Waals surface area contributed by atoms with E-state index in [0.29, 0.717) is 18.7 Å². The number of nitrogens with one attached hydrogen (secondary N) is 2. The Balaban J connectivity index is 1.60. The van der Waals surface area contributed by atoms with Crippen LogP contribution in [0.5, 0.6) is 0 Å². The Labute approximate surface area is 178 Å². The zero-order valence-electron chi connectivity index (χ0n) is 17.0. The lowest BCUT2D eigenvalue weighted by atomic mass is 10.1. The van der Waals surface area contributed by atoms with Crippen LogP contribution in [0.15, 0.2) is 65.7 Å². The van der Waals surface area contributed by atoms with Crippen molar-refractivity contribution in [3.63, 3.8) is 0 Å². The van der Waals surface area contributed by atoms with Crippen molar-refractivity contribution in [3.05, 3.63) is 88.2 Å². The van der Waals surface area contributed by atoms with Crippen LogP contribution in [-0.4, -0.2) is 33.5 Å². The highest BCUT2D eigenvalue weighted by Gasteiger charge is 2.33. The second-order valence-electron chi connectivity index (χ2n) is 7.00. The van der Waals surface area contributed by atoms with E-state index in [1.807, 2.05) is 30.3 Å². The summed E-state index contributed by atoms with van der Waals surface area (Å²) in [6.45, 7) is 0.804. The van der Waals surface area contributed by atoms with Gasteiger partial charge in [0.05, 0.1) is 6.54 Å². The molecular formula is C22H23F2N5O2. The second kappa shape index (κ2) is 9.92. The van der Waals surface area contributed by atoms with Crippen LogP contribution >= 0.6 is 0 Å². The van der Waals surface area contributed by atoms with E-state index in [4.69, 9.17) is 0 Å². The number of aryl methyl sites for hydroxylation is 1. The summed E-state index contributed by atoms with van der Waals surface area (Å²) in [5.74, 6) is -3.92. The SMILES string of the molecule is Cc1cnc(NCCc2ccccc2)c(=O)n1CC(=O)NCC(F)(F)c1ccccn1. The van der Waals surface area contributed by atoms with E-state index >= 15 is 0 Å². The maximum atomic E-state index is 14.2. The van der Waals surface area contributed by atoms with Crippen molar-refractivity contribution in [1.82, 2.24) is 19.9 Å². The van der Waals surface area contributed by atoms with Gasteiger partial charge in [0.25, 0.3) is 5.56 Å². The fourth-order valence-corrected chi connectivity index (χ4v) is 2.94. The number of anilines is 1. The van der Waals surface area contributed by atoms with E-state index < -0.39 is 36.2 Å². The maximum Gasteiger partial charge on any atom is 0.306 e. The number of aromatic nitrogens is 3. The van der Waals surface area contributed by atoms with E-state index in [1.165, 1.54) is 35.2 Å². The molecule has 2 aromatic heterocycles. The minimum Gasteiger partial charge on any atom is -0.365 e. The molecule has 0 radical (unpaired) electrons. The summed E-state index contributed by atoms with van der Waals surface area (Å²) in [6.07, 6.45) is 3.41. The second-order valence-corrected chi connectivity index (χ2v) is 7.00. The first-order valence-corrected chi connectivity index (χ1v) is 9.77. The third-order valence-corrected chi connectivity index (χ3v) is 4.65. The van der Waals surface area contributed by atoms with Crippen LogP contribution < -0.4 is 16.2 Å². The lowest BCUT2D eigenvalue weighted by Gasteiger charge is -2.17. The highest BCUT2D eigenvalue weighted by molar-refractivity contribution is 5.76. The number of benzene rings is 1. The molecule has 2 heterocycles. The summed E-state index contributed by atoms with van der Waals surface area (Å²) in [5, 5.41) is 5.15. The van der Waals surface area contributed by atoms with Gasteiger partial charge in [0, 0.05) is 24.6 Å². The van der Waals surface area contributed by atoms with Gasteiger partial charge < -0.3 is 10.6 Å².